The molecule has 1 aromatic heterocycles. The lowest BCUT2D eigenvalue weighted by atomic mass is 9.85. The van der Waals surface area contributed by atoms with Crippen LogP contribution in [0.15, 0.2) is 42.7 Å². The summed E-state index contributed by atoms with van der Waals surface area (Å²) in [6, 6.07) is 9.21. The van der Waals surface area contributed by atoms with Crippen molar-refractivity contribution in [2.75, 3.05) is 36.4 Å². The summed E-state index contributed by atoms with van der Waals surface area (Å²) in [5.74, 6) is -2.26. The third kappa shape index (κ3) is 5.74. The average Bonchev–Trinajstić information content (AvgIpc) is 2.85. The molecule has 10 heteroatoms. The van der Waals surface area contributed by atoms with E-state index in [1.54, 1.807) is 17.3 Å². The number of aromatic nitrogens is 2. The van der Waals surface area contributed by atoms with Crippen molar-refractivity contribution in [3.63, 3.8) is 0 Å². The first-order chi connectivity index (χ1) is 17.4. The average molecular weight is 500 g/mol. The first-order valence-corrected chi connectivity index (χ1v) is 12.6. The van der Waals surface area contributed by atoms with Crippen molar-refractivity contribution in [1.82, 2.24) is 15.1 Å². The number of carbonyl (C=O) groups is 2. The van der Waals surface area contributed by atoms with Crippen LogP contribution in [0.1, 0.15) is 38.5 Å². The number of likely N-dealkylation sites (tertiary alicyclic amines) is 1. The Morgan fingerprint density at radius 3 is 2.28 bits per heavy atom. The van der Waals surface area contributed by atoms with Crippen LogP contribution in [-0.2, 0) is 9.59 Å². The van der Waals surface area contributed by atoms with Gasteiger partial charge in [0.2, 0.25) is 17.7 Å². The number of nitrogens with zero attached hydrogens (tertiary/aromatic N) is 4. The van der Waals surface area contributed by atoms with E-state index in [0.717, 1.165) is 11.4 Å². The second kappa shape index (κ2) is 10.4. The molecule has 2 aliphatic heterocycles. The summed E-state index contributed by atoms with van der Waals surface area (Å²) in [6.45, 7) is 2.46. The molecule has 1 aromatic carbocycles. The van der Waals surface area contributed by atoms with E-state index in [-0.39, 0.29) is 55.4 Å². The minimum absolute atomic E-state index is 0.00573. The lowest BCUT2D eigenvalue weighted by Gasteiger charge is -2.39. The van der Waals surface area contributed by atoms with Crippen molar-refractivity contribution < 1.29 is 23.1 Å². The lowest BCUT2D eigenvalue weighted by molar-refractivity contribution is -0.141. The third-order valence-corrected chi connectivity index (χ3v) is 7.43. The van der Waals surface area contributed by atoms with Gasteiger partial charge in [-0.05, 0) is 43.2 Å². The van der Waals surface area contributed by atoms with Gasteiger partial charge in [0.15, 0.2) is 0 Å². The summed E-state index contributed by atoms with van der Waals surface area (Å²) in [5.41, 5.74) is 1.68. The van der Waals surface area contributed by atoms with E-state index in [1.807, 2.05) is 30.3 Å². The molecule has 3 heterocycles. The highest BCUT2D eigenvalue weighted by Crippen LogP contribution is 2.37. The Morgan fingerprint density at radius 1 is 0.944 bits per heavy atom. The molecule has 192 valence electrons. The number of ether oxygens (including phenoxy) is 1. The van der Waals surface area contributed by atoms with Crippen LogP contribution in [0.2, 0.25) is 0 Å². The van der Waals surface area contributed by atoms with Crippen LogP contribution in [0.5, 0.6) is 5.75 Å². The van der Waals surface area contributed by atoms with E-state index in [4.69, 9.17) is 4.74 Å². The zero-order chi connectivity index (χ0) is 25.1. The number of amides is 2. The number of nitrogens with one attached hydrogen (secondary N) is 1. The molecule has 1 N–H and O–H groups in total. The fourth-order valence-electron chi connectivity index (χ4n) is 5.12. The highest BCUT2D eigenvalue weighted by atomic mass is 19.3. The van der Waals surface area contributed by atoms with Crippen LogP contribution in [0.25, 0.3) is 0 Å². The van der Waals surface area contributed by atoms with Crippen LogP contribution in [0.3, 0.4) is 0 Å². The lowest BCUT2D eigenvalue weighted by Crippen LogP contribution is -2.52. The standard InChI is InChI=1S/C26H31F2N5O3/c27-26(28)10-5-18(6-11-26)25(35)32-13-8-23(9-14-32)36-22-3-1-20(2-4-22)31-24(34)19-16-33(17-19)21-7-12-29-30-15-21/h1-4,7,12,15,18-19,23H,5-6,8-11,13-14,16-17H2,(H,31,34). The Hall–Kier alpha value is -3.30. The molecule has 5 rings (SSSR count). The van der Waals surface area contributed by atoms with Crippen molar-refractivity contribution in [3.8, 4) is 5.75 Å². The smallest absolute Gasteiger partial charge is 0.248 e. The molecule has 8 nitrogen and oxygen atoms in total. The fraction of sp³-hybridized carbons (Fsp3) is 0.538. The summed E-state index contributed by atoms with van der Waals surface area (Å²) in [6.07, 6.45) is 4.89. The zero-order valence-electron chi connectivity index (χ0n) is 20.1. The van der Waals surface area contributed by atoms with E-state index in [0.29, 0.717) is 44.8 Å². The van der Waals surface area contributed by atoms with E-state index >= 15 is 0 Å². The van der Waals surface area contributed by atoms with Gasteiger partial charge >= 0.3 is 0 Å². The fourth-order valence-corrected chi connectivity index (χ4v) is 5.12. The highest BCUT2D eigenvalue weighted by molar-refractivity contribution is 5.94. The SMILES string of the molecule is O=C(Nc1ccc(OC2CCN(C(=O)C3CCC(F)(F)CC3)CC2)cc1)C1CN(c2ccnnc2)C1. The van der Waals surface area contributed by atoms with Crippen LogP contribution in [0.4, 0.5) is 20.2 Å². The Bertz CT molecular complexity index is 1050. The number of benzene rings is 1. The van der Waals surface area contributed by atoms with Crippen molar-refractivity contribution in [3.05, 3.63) is 42.7 Å². The second-order valence-corrected chi connectivity index (χ2v) is 9.99. The molecule has 2 amide bonds. The number of rotatable bonds is 6. The van der Waals surface area contributed by atoms with Gasteiger partial charge in [0.25, 0.3) is 0 Å². The molecule has 3 aliphatic rings. The van der Waals surface area contributed by atoms with Crippen LogP contribution >= 0.6 is 0 Å². The summed E-state index contributed by atoms with van der Waals surface area (Å²) in [7, 11) is 0. The molecule has 1 aliphatic carbocycles. The maximum atomic E-state index is 13.4. The van der Waals surface area contributed by atoms with Crippen molar-refractivity contribution in [2.45, 2.75) is 50.6 Å². The van der Waals surface area contributed by atoms with Gasteiger partial charge in [0.05, 0.1) is 24.0 Å². The summed E-state index contributed by atoms with van der Waals surface area (Å²) < 4.78 is 32.9. The van der Waals surface area contributed by atoms with Crippen LogP contribution in [0, 0.1) is 11.8 Å². The van der Waals surface area contributed by atoms with E-state index < -0.39 is 5.92 Å². The number of hydrogen-bond donors (Lipinski definition) is 1. The van der Waals surface area contributed by atoms with Gasteiger partial charge in [0, 0.05) is 63.5 Å². The van der Waals surface area contributed by atoms with E-state index in [2.05, 4.69) is 20.4 Å². The van der Waals surface area contributed by atoms with Gasteiger partial charge in [-0.3, -0.25) is 9.59 Å². The van der Waals surface area contributed by atoms with Gasteiger partial charge < -0.3 is 19.9 Å². The maximum absolute atomic E-state index is 13.4. The Labute approximate surface area is 209 Å². The molecule has 1 saturated carbocycles. The Balaban J connectivity index is 1.03. The molecular weight excluding hydrogens is 468 g/mol. The summed E-state index contributed by atoms with van der Waals surface area (Å²) >= 11 is 0. The molecule has 2 aromatic rings. The van der Waals surface area contributed by atoms with Crippen LogP contribution < -0.4 is 15.0 Å². The molecule has 0 atom stereocenters. The first kappa shape index (κ1) is 24.4. The quantitative estimate of drug-likeness (QED) is 0.652. The molecule has 2 saturated heterocycles. The van der Waals surface area contributed by atoms with Crippen LogP contribution in [-0.4, -0.2) is 65.1 Å². The number of anilines is 2. The molecule has 3 fully saturated rings. The normalized spacial score (nSPS) is 21.1. The van der Waals surface area contributed by atoms with Crippen molar-refractivity contribution >= 4 is 23.2 Å². The Kier molecular flexibility index (Phi) is 7.02. The predicted molar refractivity (Wildman–Crippen MR) is 130 cm³/mol. The summed E-state index contributed by atoms with van der Waals surface area (Å²) in [5, 5.41) is 10.6. The van der Waals surface area contributed by atoms with Crippen molar-refractivity contribution in [2.24, 2.45) is 11.8 Å². The Morgan fingerprint density at radius 2 is 1.64 bits per heavy atom. The van der Waals surface area contributed by atoms with Gasteiger partial charge in [0.1, 0.15) is 11.9 Å². The molecule has 0 unspecified atom stereocenters. The number of hydrogen-bond acceptors (Lipinski definition) is 6. The van der Waals surface area contributed by atoms with Crippen molar-refractivity contribution in [1.29, 1.82) is 0 Å². The predicted octanol–water partition coefficient (Wildman–Crippen LogP) is 3.75. The largest absolute Gasteiger partial charge is 0.490 e. The monoisotopic (exact) mass is 499 g/mol. The molecule has 0 spiro atoms. The third-order valence-electron chi connectivity index (χ3n) is 7.43. The van der Waals surface area contributed by atoms with Gasteiger partial charge in [-0.1, -0.05) is 0 Å². The number of halogens is 2. The first-order valence-electron chi connectivity index (χ1n) is 12.6. The second-order valence-electron chi connectivity index (χ2n) is 9.99. The number of piperidine rings is 1. The van der Waals surface area contributed by atoms with Gasteiger partial charge in [-0.15, -0.1) is 0 Å². The minimum atomic E-state index is -2.62. The highest BCUT2D eigenvalue weighted by Gasteiger charge is 2.39. The van der Waals surface area contributed by atoms with Gasteiger partial charge in [-0.25, -0.2) is 8.78 Å². The summed E-state index contributed by atoms with van der Waals surface area (Å²) in [4.78, 5) is 29.1. The molecule has 0 bridgehead atoms. The van der Waals surface area contributed by atoms with E-state index in [9.17, 15) is 18.4 Å². The molecular formula is C26H31F2N5O3. The topological polar surface area (TPSA) is 87.7 Å². The molecule has 0 radical (unpaired) electrons. The molecule has 36 heavy (non-hydrogen) atoms. The van der Waals surface area contributed by atoms with E-state index in [1.165, 1.54) is 0 Å². The maximum Gasteiger partial charge on any atom is 0.248 e. The minimum Gasteiger partial charge on any atom is -0.490 e. The number of alkyl halides is 2. The van der Waals surface area contributed by atoms with Gasteiger partial charge in [-0.2, -0.15) is 10.2 Å². The number of carbonyl (C=O) groups excluding carboxylic acids is 2. The zero-order valence-corrected chi connectivity index (χ0v) is 20.1.